The Labute approximate surface area is 193 Å². The minimum atomic E-state index is -0.841. The molecule has 4 rings (SSSR count). The number of ketones is 1. The number of hydrogen-bond acceptors (Lipinski definition) is 6. The Hall–Kier alpha value is -4.21. The topological polar surface area (TPSA) is 118 Å². The molecule has 1 aliphatic carbocycles. The van der Waals surface area contributed by atoms with E-state index < -0.39 is 52.6 Å². The Kier molecular flexibility index (Phi) is 6.06. The molecular weight excluding hydrogens is 445 g/mol. The molecule has 1 aliphatic heterocycles. The Bertz CT molecular complexity index is 1210. The molecular formula is C24H20FN3O6. The van der Waals surface area contributed by atoms with Gasteiger partial charge in [0.25, 0.3) is 23.4 Å². The Morgan fingerprint density at radius 1 is 1.06 bits per heavy atom. The second kappa shape index (κ2) is 8.97. The van der Waals surface area contributed by atoms with Crippen molar-refractivity contribution < 1.29 is 28.5 Å². The van der Waals surface area contributed by atoms with Gasteiger partial charge in [0.1, 0.15) is 12.4 Å². The molecule has 0 N–H and O–H groups in total. The van der Waals surface area contributed by atoms with Crippen molar-refractivity contribution in [1.29, 1.82) is 0 Å². The van der Waals surface area contributed by atoms with Gasteiger partial charge in [-0.05, 0) is 48.7 Å². The molecule has 0 bridgehead atoms. The van der Waals surface area contributed by atoms with Gasteiger partial charge in [-0.1, -0.05) is 19.1 Å². The van der Waals surface area contributed by atoms with E-state index in [1.807, 2.05) is 12.2 Å². The van der Waals surface area contributed by atoms with Crippen molar-refractivity contribution in [1.82, 2.24) is 10.0 Å². The zero-order valence-corrected chi connectivity index (χ0v) is 18.1. The van der Waals surface area contributed by atoms with Crippen molar-refractivity contribution >= 4 is 29.2 Å². The quantitative estimate of drug-likeness (QED) is 0.213. The molecule has 2 aliphatic rings. The summed E-state index contributed by atoms with van der Waals surface area (Å²) in [6, 6.07) is 9.28. The number of halogens is 1. The van der Waals surface area contributed by atoms with Crippen molar-refractivity contribution in [3.05, 3.63) is 87.7 Å². The first-order valence-corrected chi connectivity index (χ1v) is 10.6. The molecule has 0 unspecified atom stereocenters. The molecule has 0 spiro atoms. The lowest BCUT2D eigenvalue weighted by molar-refractivity contribution is -0.384. The fraction of sp³-hybridized carbons (Fsp3) is 0.250. The van der Waals surface area contributed by atoms with Crippen LogP contribution in [0.2, 0.25) is 0 Å². The number of Topliss-reactive ketones (excluding diaryl/α,β-unsaturated/α-hetero) is 1. The first-order chi connectivity index (χ1) is 16.2. The van der Waals surface area contributed by atoms with Crippen LogP contribution in [0.3, 0.4) is 0 Å². The standard InChI is InChI=1S/C24H20FN3O6/c1-14-3-2-4-19-21(14)24(32)27(23(19)31)26(13-20(29)15-5-9-17(25)10-6-15)22(30)16-7-11-18(12-8-16)28(33)34/h2-3,5-12,14,19,21H,4,13H2,1H3/t14-,19-,21-/m1/s1. The van der Waals surface area contributed by atoms with Gasteiger partial charge in [0, 0.05) is 23.3 Å². The highest BCUT2D eigenvalue weighted by atomic mass is 19.1. The molecule has 1 saturated heterocycles. The van der Waals surface area contributed by atoms with Gasteiger partial charge >= 0.3 is 0 Å². The summed E-state index contributed by atoms with van der Waals surface area (Å²) in [5.74, 6) is -4.73. The largest absolute Gasteiger partial charge is 0.292 e. The minimum Gasteiger partial charge on any atom is -0.292 e. The molecule has 0 saturated carbocycles. The SMILES string of the molecule is C[C@@H]1C=CC[C@H]2C(=O)N(N(CC(=O)c3ccc(F)cc3)C(=O)c3ccc([N+](=O)[O-])cc3)C(=O)[C@H]12. The smallest absolute Gasteiger partial charge is 0.273 e. The van der Waals surface area contributed by atoms with Crippen LogP contribution in [0.5, 0.6) is 0 Å². The van der Waals surface area contributed by atoms with Crippen LogP contribution in [0.25, 0.3) is 0 Å². The molecule has 1 fully saturated rings. The number of non-ortho nitro benzene ring substituents is 1. The summed E-state index contributed by atoms with van der Waals surface area (Å²) in [6.07, 6.45) is 3.98. The molecule has 0 aromatic heterocycles. The lowest BCUT2D eigenvalue weighted by atomic mass is 9.78. The number of imide groups is 1. The molecule has 10 heteroatoms. The summed E-state index contributed by atoms with van der Waals surface area (Å²) in [5.41, 5.74) is -0.196. The van der Waals surface area contributed by atoms with Crippen LogP contribution in [0.1, 0.15) is 34.1 Å². The number of nitro benzene ring substituents is 1. The third kappa shape index (κ3) is 4.09. The summed E-state index contributed by atoms with van der Waals surface area (Å²) >= 11 is 0. The number of hydrogen-bond donors (Lipinski definition) is 0. The van der Waals surface area contributed by atoms with Crippen molar-refractivity contribution in [2.75, 3.05) is 6.54 Å². The number of carbonyl (C=O) groups is 4. The monoisotopic (exact) mass is 465 g/mol. The normalized spacial score (nSPS) is 21.4. The van der Waals surface area contributed by atoms with E-state index in [0.29, 0.717) is 6.42 Å². The number of hydrazine groups is 1. The zero-order chi connectivity index (χ0) is 24.6. The van der Waals surface area contributed by atoms with Crippen molar-refractivity contribution in [3.8, 4) is 0 Å². The molecule has 174 valence electrons. The third-order valence-corrected chi connectivity index (χ3v) is 6.11. The molecule has 3 amide bonds. The average molecular weight is 465 g/mol. The number of fused-ring (bicyclic) bond motifs is 1. The average Bonchev–Trinajstić information content (AvgIpc) is 3.08. The van der Waals surface area contributed by atoms with E-state index in [2.05, 4.69) is 0 Å². The van der Waals surface area contributed by atoms with Gasteiger partial charge in [0.15, 0.2) is 5.78 Å². The predicted octanol–water partition coefficient (Wildman–Crippen LogP) is 3.17. The Morgan fingerprint density at radius 3 is 2.26 bits per heavy atom. The Balaban J connectivity index is 1.70. The van der Waals surface area contributed by atoms with Crippen LogP contribution in [0.4, 0.5) is 10.1 Å². The molecule has 1 heterocycles. The Morgan fingerprint density at radius 2 is 1.68 bits per heavy atom. The minimum absolute atomic E-state index is 0.0425. The predicted molar refractivity (Wildman–Crippen MR) is 117 cm³/mol. The number of benzene rings is 2. The van der Waals surface area contributed by atoms with E-state index >= 15 is 0 Å². The fourth-order valence-corrected chi connectivity index (χ4v) is 4.34. The zero-order valence-electron chi connectivity index (χ0n) is 18.1. The summed E-state index contributed by atoms with van der Waals surface area (Å²) in [5, 5.41) is 12.5. The second-order valence-electron chi connectivity index (χ2n) is 8.24. The van der Waals surface area contributed by atoms with E-state index in [9.17, 15) is 33.7 Å². The highest BCUT2D eigenvalue weighted by molar-refractivity contribution is 6.09. The number of carbonyl (C=O) groups excluding carboxylic acids is 4. The van der Waals surface area contributed by atoms with Crippen LogP contribution in [-0.2, 0) is 9.59 Å². The van der Waals surface area contributed by atoms with Crippen molar-refractivity contribution in [2.24, 2.45) is 17.8 Å². The molecule has 2 aromatic rings. The molecule has 34 heavy (non-hydrogen) atoms. The van der Waals surface area contributed by atoms with Gasteiger partial charge in [-0.2, -0.15) is 5.01 Å². The maximum Gasteiger partial charge on any atom is 0.273 e. The number of nitrogens with zero attached hydrogens (tertiary/aromatic N) is 3. The highest BCUT2D eigenvalue weighted by Gasteiger charge is 2.53. The maximum absolute atomic E-state index is 13.4. The first kappa shape index (κ1) is 23.0. The first-order valence-electron chi connectivity index (χ1n) is 10.6. The lowest BCUT2D eigenvalue weighted by Gasteiger charge is -2.30. The second-order valence-corrected chi connectivity index (χ2v) is 8.24. The van der Waals surface area contributed by atoms with E-state index in [1.165, 1.54) is 24.3 Å². The summed E-state index contributed by atoms with van der Waals surface area (Å²) in [4.78, 5) is 63.1. The van der Waals surface area contributed by atoms with Gasteiger partial charge in [0.2, 0.25) is 0 Å². The molecule has 3 atom stereocenters. The number of nitro groups is 1. The van der Waals surface area contributed by atoms with E-state index in [0.717, 1.165) is 34.3 Å². The van der Waals surface area contributed by atoms with Crippen LogP contribution >= 0.6 is 0 Å². The number of allylic oxidation sites excluding steroid dienone is 2. The van der Waals surface area contributed by atoms with Crippen LogP contribution in [-0.4, -0.2) is 45.0 Å². The summed E-state index contributed by atoms with van der Waals surface area (Å²) in [6.45, 7) is 1.15. The third-order valence-electron chi connectivity index (χ3n) is 6.11. The number of amides is 3. The van der Waals surface area contributed by atoms with E-state index in [-0.39, 0.29) is 22.7 Å². The van der Waals surface area contributed by atoms with Gasteiger partial charge in [-0.3, -0.25) is 29.3 Å². The highest BCUT2D eigenvalue weighted by Crippen LogP contribution is 2.39. The lowest BCUT2D eigenvalue weighted by Crippen LogP contribution is -2.52. The van der Waals surface area contributed by atoms with Gasteiger partial charge in [-0.25, -0.2) is 9.40 Å². The van der Waals surface area contributed by atoms with Crippen LogP contribution in [0, 0.1) is 33.7 Å². The van der Waals surface area contributed by atoms with Gasteiger partial charge < -0.3 is 0 Å². The van der Waals surface area contributed by atoms with Crippen molar-refractivity contribution in [2.45, 2.75) is 13.3 Å². The fourth-order valence-electron chi connectivity index (χ4n) is 4.34. The van der Waals surface area contributed by atoms with E-state index in [4.69, 9.17) is 0 Å². The number of rotatable bonds is 6. The summed E-state index contributed by atoms with van der Waals surface area (Å²) in [7, 11) is 0. The maximum atomic E-state index is 13.4. The van der Waals surface area contributed by atoms with Crippen LogP contribution < -0.4 is 0 Å². The summed E-state index contributed by atoms with van der Waals surface area (Å²) < 4.78 is 13.3. The van der Waals surface area contributed by atoms with Gasteiger partial charge in [-0.15, -0.1) is 0 Å². The van der Waals surface area contributed by atoms with Crippen LogP contribution in [0.15, 0.2) is 60.7 Å². The molecule has 2 aromatic carbocycles. The van der Waals surface area contributed by atoms with Gasteiger partial charge in [0.05, 0.1) is 16.8 Å². The molecule has 0 radical (unpaired) electrons. The van der Waals surface area contributed by atoms with Crippen molar-refractivity contribution in [3.63, 3.8) is 0 Å². The van der Waals surface area contributed by atoms with E-state index in [1.54, 1.807) is 6.92 Å². The molecule has 9 nitrogen and oxygen atoms in total.